The maximum atomic E-state index is 13.7. The summed E-state index contributed by atoms with van der Waals surface area (Å²) in [5.41, 5.74) is 14.0. The molecule has 1 saturated carbocycles. The largest absolute Gasteiger partial charge is 0.373 e. The van der Waals surface area contributed by atoms with E-state index in [1.54, 1.807) is 0 Å². The van der Waals surface area contributed by atoms with Crippen molar-refractivity contribution in [1.29, 1.82) is 0 Å². The molecule has 6 heteroatoms. The number of nitrogens with zero attached hydrogens (tertiary/aromatic N) is 2. The van der Waals surface area contributed by atoms with Gasteiger partial charge in [-0.15, -0.1) is 0 Å². The minimum Gasteiger partial charge on any atom is -0.373 e. The number of hydrogen-bond acceptors (Lipinski definition) is 4. The zero-order valence-corrected chi connectivity index (χ0v) is 26.0. The Bertz CT molecular complexity index is 1560. The Morgan fingerprint density at radius 1 is 0.795 bits per heavy atom. The van der Waals surface area contributed by atoms with Crippen LogP contribution in [0.15, 0.2) is 97.1 Å². The van der Waals surface area contributed by atoms with Crippen molar-refractivity contribution >= 4 is 23.2 Å². The van der Waals surface area contributed by atoms with E-state index in [0.717, 1.165) is 77.0 Å². The highest BCUT2D eigenvalue weighted by atomic mass is 16.2. The van der Waals surface area contributed by atoms with E-state index in [1.807, 2.05) is 53.4 Å². The minimum absolute atomic E-state index is 0.0734. The lowest BCUT2D eigenvalue weighted by molar-refractivity contribution is -0.131. The van der Waals surface area contributed by atoms with Crippen LogP contribution in [0.5, 0.6) is 0 Å². The highest BCUT2D eigenvalue weighted by Crippen LogP contribution is 2.35. The fourth-order valence-corrected chi connectivity index (χ4v) is 5.50. The molecule has 0 radical (unpaired) electrons. The lowest BCUT2D eigenvalue weighted by Gasteiger charge is -2.24. The Hall–Kier alpha value is -4.42. The van der Waals surface area contributed by atoms with Crippen molar-refractivity contribution in [3.8, 4) is 11.1 Å². The maximum absolute atomic E-state index is 13.7. The Balaban J connectivity index is 1.41. The van der Waals surface area contributed by atoms with Crippen molar-refractivity contribution in [2.24, 2.45) is 11.7 Å². The normalized spacial score (nSPS) is 12.5. The summed E-state index contributed by atoms with van der Waals surface area (Å²) in [6.45, 7) is 4.56. The first-order chi connectivity index (χ1) is 21.4. The number of anilines is 2. The molecule has 0 aromatic heterocycles. The molecule has 0 aliphatic heterocycles. The number of carbonyl (C=O) groups is 2. The molecular weight excluding hydrogens is 544 g/mol. The molecule has 5 rings (SSSR count). The molecule has 1 aliphatic rings. The molecular formula is C38H44N4O2. The summed E-state index contributed by atoms with van der Waals surface area (Å²) in [7, 11) is 2.09. The maximum Gasteiger partial charge on any atom is 0.227 e. The van der Waals surface area contributed by atoms with E-state index < -0.39 is 0 Å². The summed E-state index contributed by atoms with van der Waals surface area (Å²) in [5.74, 6) is 0.303. The molecule has 0 atom stereocenters. The Kier molecular flexibility index (Phi) is 10.5. The third kappa shape index (κ3) is 8.35. The van der Waals surface area contributed by atoms with Crippen LogP contribution in [0.1, 0.15) is 54.9 Å². The van der Waals surface area contributed by atoms with Crippen molar-refractivity contribution in [2.45, 2.75) is 58.7 Å². The second-order valence-corrected chi connectivity index (χ2v) is 11.9. The van der Waals surface area contributed by atoms with Crippen LogP contribution in [0.3, 0.4) is 0 Å². The fourth-order valence-electron chi connectivity index (χ4n) is 5.50. The van der Waals surface area contributed by atoms with Gasteiger partial charge in [-0.1, -0.05) is 92.2 Å². The van der Waals surface area contributed by atoms with E-state index in [2.05, 4.69) is 72.7 Å². The first kappa shape index (κ1) is 31.0. The molecule has 1 aliphatic carbocycles. The number of hydrogen-bond donors (Lipinski definition) is 2. The number of unbranched alkanes of at least 4 members (excludes halogenated alkanes) is 1. The Morgan fingerprint density at radius 3 is 2.16 bits per heavy atom. The van der Waals surface area contributed by atoms with Gasteiger partial charge in [-0.05, 0) is 70.8 Å². The van der Waals surface area contributed by atoms with E-state index in [9.17, 15) is 9.59 Å². The van der Waals surface area contributed by atoms with Gasteiger partial charge in [0.05, 0.1) is 17.8 Å². The van der Waals surface area contributed by atoms with Crippen LogP contribution in [-0.2, 0) is 35.6 Å². The lowest BCUT2D eigenvalue weighted by atomic mass is 10.0. The summed E-state index contributed by atoms with van der Waals surface area (Å²) in [4.78, 5) is 30.6. The molecule has 3 N–H and O–H groups in total. The monoisotopic (exact) mass is 588 g/mol. The van der Waals surface area contributed by atoms with E-state index in [4.69, 9.17) is 5.73 Å². The second kappa shape index (κ2) is 14.8. The molecule has 0 heterocycles. The van der Waals surface area contributed by atoms with Crippen LogP contribution < -0.4 is 16.0 Å². The number of nitrogens with one attached hydrogen (secondary N) is 1. The van der Waals surface area contributed by atoms with Crippen molar-refractivity contribution < 1.29 is 9.59 Å². The van der Waals surface area contributed by atoms with Crippen molar-refractivity contribution in [3.63, 3.8) is 0 Å². The fraction of sp³-hybridized carbons (Fsp3) is 0.316. The van der Waals surface area contributed by atoms with Crippen molar-refractivity contribution in [3.05, 3.63) is 119 Å². The van der Waals surface area contributed by atoms with E-state index in [1.165, 1.54) is 0 Å². The summed E-state index contributed by atoms with van der Waals surface area (Å²) in [5, 5.41) is 3.22. The van der Waals surface area contributed by atoms with Crippen molar-refractivity contribution in [2.75, 3.05) is 23.8 Å². The molecule has 4 aromatic carbocycles. The van der Waals surface area contributed by atoms with Gasteiger partial charge >= 0.3 is 0 Å². The average Bonchev–Trinajstić information content (AvgIpc) is 3.90. The zero-order chi connectivity index (χ0) is 30.9. The first-order valence-electron chi connectivity index (χ1n) is 15.8. The van der Waals surface area contributed by atoms with E-state index >= 15 is 0 Å². The minimum atomic E-state index is 0.0734. The topological polar surface area (TPSA) is 78.7 Å². The molecule has 44 heavy (non-hydrogen) atoms. The van der Waals surface area contributed by atoms with Crippen LogP contribution >= 0.6 is 0 Å². The number of carbonyl (C=O) groups excluding carboxylic acids is 2. The van der Waals surface area contributed by atoms with Crippen LogP contribution in [0, 0.1) is 5.92 Å². The summed E-state index contributed by atoms with van der Waals surface area (Å²) in [6, 6.07) is 32.7. The second-order valence-electron chi connectivity index (χ2n) is 11.9. The summed E-state index contributed by atoms with van der Waals surface area (Å²) < 4.78 is 0. The van der Waals surface area contributed by atoms with Gasteiger partial charge in [0.15, 0.2) is 0 Å². The average molecular weight is 589 g/mol. The van der Waals surface area contributed by atoms with Crippen LogP contribution in [0.4, 0.5) is 11.4 Å². The first-order valence-corrected chi connectivity index (χ1v) is 15.8. The molecule has 1 fully saturated rings. The molecule has 0 bridgehead atoms. The smallest absolute Gasteiger partial charge is 0.227 e. The van der Waals surface area contributed by atoms with Gasteiger partial charge in [-0.2, -0.15) is 0 Å². The molecule has 0 unspecified atom stereocenters. The molecule has 4 aromatic rings. The van der Waals surface area contributed by atoms with Gasteiger partial charge in [0.1, 0.15) is 0 Å². The SMILES string of the molecule is CCCCN(C)c1ccc(-c2cccc(CN(Cc3cccc(CN)c3)C(=O)Cc3ccccc3)c2)cc1NC(=O)C1CC1. The van der Waals surface area contributed by atoms with Gasteiger partial charge in [-0.25, -0.2) is 0 Å². The van der Waals surface area contributed by atoms with Gasteiger partial charge in [-0.3, -0.25) is 9.59 Å². The van der Waals surface area contributed by atoms with Crippen molar-refractivity contribution in [1.82, 2.24) is 4.90 Å². The molecule has 2 amide bonds. The predicted molar refractivity (Wildman–Crippen MR) is 180 cm³/mol. The van der Waals surface area contributed by atoms with Crippen LogP contribution in [0.25, 0.3) is 11.1 Å². The summed E-state index contributed by atoms with van der Waals surface area (Å²) in [6.07, 6.45) is 4.47. The molecule has 0 saturated heterocycles. The number of amides is 2. The standard InChI is InChI=1S/C38H44N4O2/c1-3-4-20-41(2)36-19-18-34(24-35(36)40-38(44)32-16-17-32)33-15-9-14-31(22-33)27-42(26-30-13-8-12-29(21-30)25-39)37(43)23-28-10-6-5-7-11-28/h5-15,18-19,21-22,24,32H,3-4,16-17,20,23,25-27,39H2,1-2H3,(H,40,44). The van der Waals surface area contributed by atoms with Gasteiger partial charge in [0.2, 0.25) is 11.8 Å². The van der Waals surface area contributed by atoms with Crippen LogP contribution in [-0.4, -0.2) is 30.3 Å². The quantitative estimate of drug-likeness (QED) is 0.164. The molecule has 6 nitrogen and oxygen atoms in total. The highest BCUT2D eigenvalue weighted by molar-refractivity contribution is 5.98. The third-order valence-corrected chi connectivity index (χ3v) is 8.25. The van der Waals surface area contributed by atoms with Gasteiger partial charge < -0.3 is 20.9 Å². The Labute approximate surface area is 261 Å². The number of rotatable bonds is 14. The highest BCUT2D eigenvalue weighted by Gasteiger charge is 2.30. The zero-order valence-electron chi connectivity index (χ0n) is 26.0. The van der Waals surface area contributed by atoms with E-state index in [0.29, 0.717) is 26.1 Å². The molecule has 228 valence electrons. The third-order valence-electron chi connectivity index (χ3n) is 8.25. The van der Waals surface area contributed by atoms with Gasteiger partial charge in [0.25, 0.3) is 0 Å². The molecule has 0 spiro atoms. The van der Waals surface area contributed by atoms with Crippen LogP contribution in [0.2, 0.25) is 0 Å². The summed E-state index contributed by atoms with van der Waals surface area (Å²) >= 11 is 0. The van der Waals surface area contributed by atoms with Gasteiger partial charge in [0, 0.05) is 39.1 Å². The lowest BCUT2D eigenvalue weighted by Crippen LogP contribution is -2.31. The predicted octanol–water partition coefficient (Wildman–Crippen LogP) is 7.17. The Morgan fingerprint density at radius 2 is 1.45 bits per heavy atom. The van der Waals surface area contributed by atoms with E-state index in [-0.39, 0.29) is 17.7 Å². The number of nitrogens with two attached hydrogens (primary N) is 1. The number of benzene rings is 4.